The van der Waals surface area contributed by atoms with Crippen molar-refractivity contribution in [3.05, 3.63) is 56.4 Å². The Bertz CT molecular complexity index is 898. The molecule has 0 saturated heterocycles. The maximum Gasteiger partial charge on any atom is 0.412 e. The van der Waals surface area contributed by atoms with Crippen LogP contribution in [-0.2, 0) is 11.8 Å². The minimum atomic E-state index is -1.41. The normalized spacial score (nSPS) is 10.3. The minimum absolute atomic E-state index is 0.196. The van der Waals surface area contributed by atoms with E-state index in [2.05, 4.69) is 26.0 Å². The number of nitrogens with zero attached hydrogens (tertiary/aromatic N) is 1. The Labute approximate surface area is 142 Å². The fourth-order valence-electron chi connectivity index (χ4n) is 1.85. The Balaban J connectivity index is 2.58. The van der Waals surface area contributed by atoms with E-state index in [1.807, 2.05) is 0 Å². The van der Waals surface area contributed by atoms with Crippen LogP contribution in [0.4, 0.5) is 25.0 Å². The van der Waals surface area contributed by atoms with Crippen molar-refractivity contribution in [3.8, 4) is 0 Å². The van der Waals surface area contributed by atoms with Crippen LogP contribution >= 0.6 is 15.9 Å². The van der Waals surface area contributed by atoms with E-state index in [1.165, 1.54) is 19.2 Å². The molecule has 0 unspecified atom stereocenters. The molecule has 0 radical (unpaired) electrons. The summed E-state index contributed by atoms with van der Waals surface area (Å²) in [5.74, 6) is -3.41. The molecule has 0 saturated carbocycles. The Morgan fingerprint density at radius 2 is 2.00 bits per heavy atom. The predicted octanol–water partition coefficient (Wildman–Crippen LogP) is 2.41. The van der Waals surface area contributed by atoms with E-state index in [1.54, 1.807) is 0 Å². The van der Waals surface area contributed by atoms with Gasteiger partial charge in [-0.05, 0) is 18.2 Å². The molecule has 2 aromatic rings. The molecule has 24 heavy (non-hydrogen) atoms. The van der Waals surface area contributed by atoms with E-state index in [4.69, 9.17) is 5.73 Å². The summed E-state index contributed by atoms with van der Waals surface area (Å²) in [5, 5.41) is 2.32. The largest absolute Gasteiger partial charge is 0.412 e. The van der Waals surface area contributed by atoms with Gasteiger partial charge in [-0.25, -0.2) is 14.0 Å². The van der Waals surface area contributed by atoms with Gasteiger partial charge in [-0.3, -0.25) is 4.79 Å². The second-order valence-corrected chi connectivity index (χ2v) is 5.52. The molecule has 1 heterocycles. The number of nitrogens with two attached hydrogens (primary N) is 1. The third-order valence-corrected chi connectivity index (χ3v) is 3.42. The molecule has 7 nitrogen and oxygen atoms in total. The van der Waals surface area contributed by atoms with Gasteiger partial charge in [0.05, 0.1) is 11.4 Å². The second kappa shape index (κ2) is 6.79. The average molecular weight is 402 g/mol. The number of anilines is 2. The van der Waals surface area contributed by atoms with Crippen molar-refractivity contribution in [1.82, 2.24) is 4.57 Å². The molecule has 1 aromatic heterocycles. The van der Waals surface area contributed by atoms with E-state index in [0.717, 1.165) is 16.8 Å². The molecule has 0 aliphatic rings. The van der Waals surface area contributed by atoms with Crippen molar-refractivity contribution in [2.75, 3.05) is 5.32 Å². The molecule has 0 atom stereocenters. The lowest BCUT2D eigenvalue weighted by atomic mass is 10.2. The first-order valence-electron chi connectivity index (χ1n) is 6.33. The summed E-state index contributed by atoms with van der Waals surface area (Å²) >= 11 is 3.06. The fourth-order valence-corrected chi connectivity index (χ4v) is 2.18. The van der Waals surface area contributed by atoms with Gasteiger partial charge in [-0.15, -0.1) is 0 Å². The molecule has 0 spiro atoms. The number of pyridine rings is 1. The summed E-state index contributed by atoms with van der Waals surface area (Å²) < 4.78 is 33.6. The molecule has 3 N–H and O–H groups in total. The van der Waals surface area contributed by atoms with Crippen molar-refractivity contribution in [2.24, 2.45) is 12.8 Å². The molecule has 0 fully saturated rings. The van der Waals surface area contributed by atoms with Gasteiger partial charge in [0, 0.05) is 17.7 Å². The molecule has 126 valence electrons. The van der Waals surface area contributed by atoms with Gasteiger partial charge >= 0.3 is 12.1 Å². The number of benzene rings is 1. The van der Waals surface area contributed by atoms with Crippen molar-refractivity contribution in [3.63, 3.8) is 0 Å². The molecule has 2 rings (SSSR count). The summed E-state index contributed by atoms with van der Waals surface area (Å²) in [6.45, 7) is 0. The number of esters is 1. The molecule has 1 aromatic carbocycles. The lowest BCUT2D eigenvalue weighted by Gasteiger charge is -2.13. The topological polar surface area (TPSA) is 103 Å². The van der Waals surface area contributed by atoms with Crippen LogP contribution in [0.1, 0.15) is 10.4 Å². The van der Waals surface area contributed by atoms with Crippen molar-refractivity contribution in [1.29, 1.82) is 0 Å². The zero-order chi connectivity index (χ0) is 18.0. The third kappa shape index (κ3) is 3.59. The number of primary amides is 1. The van der Waals surface area contributed by atoms with Crippen LogP contribution in [0, 0.1) is 11.6 Å². The number of hydrogen-bond acceptors (Lipinski definition) is 5. The first-order valence-corrected chi connectivity index (χ1v) is 7.12. The van der Waals surface area contributed by atoms with Gasteiger partial charge < -0.3 is 20.4 Å². The average Bonchev–Trinajstić information content (AvgIpc) is 2.49. The fraction of sp³-hybridized carbons (Fsp3) is 0.0714. The molecule has 0 aliphatic carbocycles. The quantitative estimate of drug-likeness (QED) is 0.606. The Hall–Kier alpha value is -2.75. The zero-order valence-electron chi connectivity index (χ0n) is 12.1. The first kappa shape index (κ1) is 17.6. The van der Waals surface area contributed by atoms with Crippen LogP contribution in [0.5, 0.6) is 0 Å². The molecular weight excluding hydrogens is 392 g/mol. The van der Waals surface area contributed by atoms with Gasteiger partial charge in [-0.2, -0.15) is 4.39 Å². The lowest BCUT2D eigenvalue weighted by molar-refractivity contribution is 0.0638. The van der Waals surface area contributed by atoms with Gasteiger partial charge in [0.1, 0.15) is 11.4 Å². The minimum Gasteiger partial charge on any atom is -0.373 e. The smallest absolute Gasteiger partial charge is 0.373 e. The summed E-state index contributed by atoms with van der Waals surface area (Å²) in [6.07, 6.45) is -0.467. The Morgan fingerprint density at radius 3 is 2.58 bits per heavy atom. The second-order valence-electron chi connectivity index (χ2n) is 4.61. The Kier molecular flexibility index (Phi) is 4.98. The molecule has 0 bridgehead atoms. The maximum absolute atomic E-state index is 14.3. The van der Waals surface area contributed by atoms with Crippen LogP contribution in [0.25, 0.3) is 0 Å². The Morgan fingerprint density at radius 1 is 1.33 bits per heavy atom. The number of nitrogens with one attached hydrogen (secondary N) is 1. The zero-order valence-corrected chi connectivity index (χ0v) is 13.7. The summed E-state index contributed by atoms with van der Waals surface area (Å²) in [7, 11) is 1.19. The molecular formula is C14H10BrF2N3O4. The number of halogens is 3. The standard InChI is InChI=1S/C14H10BrF2N3O4/c1-20-5-7(13(22)24-14(18)23)11(10(17)12(20)21)19-9-3-2-6(15)4-8(9)16/h2-5,19H,1H3,(H2,18,23). The lowest BCUT2D eigenvalue weighted by Crippen LogP contribution is -2.26. The number of hydrogen-bond donors (Lipinski definition) is 2. The number of aromatic nitrogens is 1. The van der Waals surface area contributed by atoms with Gasteiger partial charge in [0.2, 0.25) is 5.82 Å². The predicted molar refractivity (Wildman–Crippen MR) is 84.0 cm³/mol. The third-order valence-electron chi connectivity index (χ3n) is 2.92. The van der Waals surface area contributed by atoms with Crippen molar-refractivity contribution >= 4 is 39.4 Å². The number of carbonyl (C=O) groups excluding carboxylic acids is 2. The van der Waals surface area contributed by atoms with Crippen LogP contribution < -0.4 is 16.6 Å². The highest BCUT2D eigenvalue weighted by molar-refractivity contribution is 9.10. The van der Waals surface area contributed by atoms with E-state index in [0.29, 0.717) is 4.47 Å². The number of ether oxygens (including phenoxy) is 1. The summed E-state index contributed by atoms with van der Waals surface area (Å²) in [4.78, 5) is 34.3. The van der Waals surface area contributed by atoms with Crippen molar-refractivity contribution < 1.29 is 23.1 Å². The number of carbonyl (C=O) groups is 2. The number of aryl methyl sites for hydroxylation is 1. The van der Waals surface area contributed by atoms with Crippen molar-refractivity contribution in [2.45, 2.75) is 0 Å². The molecule has 10 heteroatoms. The molecule has 0 aliphatic heterocycles. The van der Waals surface area contributed by atoms with E-state index in [-0.39, 0.29) is 5.69 Å². The van der Waals surface area contributed by atoms with E-state index in [9.17, 15) is 23.2 Å². The van der Waals surface area contributed by atoms with Gasteiger partial charge in [0.25, 0.3) is 5.56 Å². The van der Waals surface area contributed by atoms with Crippen LogP contribution in [0.3, 0.4) is 0 Å². The van der Waals surface area contributed by atoms with E-state index < -0.39 is 40.5 Å². The van der Waals surface area contributed by atoms with Gasteiger partial charge in [-0.1, -0.05) is 15.9 Å². The van der Waals surface area contributed by atoms with E-state index >= 15 is 0 Å². The first-order chi connectivity index (χ1) is 11.2. The summed E-state index contributed by atoms with van der Waals surface area (Å²) in [5.41, 5.74) is 2.35. The van der Waals surface area contributed by atoms with Crippen LogP contribution in [0.2, 0.25) is 0 Å². The van der Waals surface area contributed by atoms with Gasteiger partial charge in [0.15, 0.2) is 0 Å². The number of rotatable bonds is 3. The summed E-state index contributed by atoms with van der Waals surface area (Å²) in [6, 6.07) is 3.83. The van der Waals surface area contributed by atoms with Crippen LogP contribution in [-0.4, -0.2) is 16.6 Å². The molecule has 1 amide bonds. The SMILES string of the molecule is Cn1cc(C(=O)OC(N)=O)c(Nc2ccc(Br)cc2F)c(F)c1=O. The highest BCUT2D eigenvalue weighted by Crippen LogP contribution is 2.26. The number of amides is 1. The highest BCUT2D eigenvalue weighted by atomic mass is 79.9. The maximum atomic E-state index is 14.3. The van der Waals surface area contributed by atoms with Crippen LogP contribution in [0.15, 0.2) is 33.7 Å². The highest BCUT2D eigenvalue weighted by Gasteiger charge is 2.23. The monoisotopic (exact) mass is 401 g/mol.